The summed E-state index contributed by atoms with van der Waals surface area (Å²) in [4.78, 5) is 37.3. The summed E-state index contributed by atoms with van der Waals surface area (Å²) in [6, 6.07) is 15.4. The number of rotatable bonds is 6. The van der Waals surface area contributed by atoms with Crippen LogP contribution in [0.3, 0.4) is 0 Å². The van der Waals surface area contributed by atoms with Crippen LogP contribution in [0.5, 0.6) is 0 Å². The van der Waals surface area contributed by atoms with Gasteiger partial charge in [-0.15, -0.1) is 0 Å². The normalized spacial score (nSPS) is 10.5. The van der Waals surface area contributed by atoms with E-state index < -0.39 is 5.56 Å². The molecular formula is C21H21N3O4. The second-order valence-corrected chi connectivity index (χ2v) is 6.39. The Kier molecular flexibility index (Phi) is 5.74. The fourth-order valence-corrected chi connectivity index (χ4v) is 2.71. The van der Waals surface area contributed by atoms with Crippen molar-refractivity contribution >= 4 is 17.5 Å². The largest absolute Gasteiger partial charge is 0.465 e. The summed E-state index contributed by atoms with van der Waals surface area (Å²) < 4.78 is 6.73. The molecule has 0 fully saturated rings. The van der Waals surface area contributed by atoms with Crippen LogP contribution in [0.1, 0.15) is 27.6 Å². The van der Waals surface area contributed by atoms with Gasteiger partial charge in [-0.3, -0.25) is 14.4 Å². The van der Waals surface area contributed by atoms with Gasteiger partial charge in [0.25, 0.3) is 11.5 Å². The third-order valence-electron chi connectivity index (χ3n) is 4.23. The molecule has 0 saturated carbocycles. The third kappa shape index (κ3) is 4.56. The van der Waals surface area contributed by atoms with Gasteiger partial charge in [-0.05, 0) is 50.2 Å². The van der Waals surface area contributed by atoms with Crippen molar-refractivity contribution in [1.29, 1.82) is 0 Å². The molecule has 2 heterocycles. The molecule has 144 valence electrons. The van der Waals surface area contributed by atoms with Gasteiger partial charge in [0.15, 0.2) is 0 Å². The first kappa shape index (κ1) is 19.2. The molecule has 7 heteroatoms. The first-order valence-electron chi connectivity index (χ1n) is 8.83. The van der Waals surface area contributed by atoms with Gasteiger partial charge in [-0.2, -0.15) is 0 Å². The number of aromatic nitrogens is 1. The molecule has 0 radical (unpaired) electrons. The molecule has 3 aromatic rings. The second-order valence-electron chi connectivity index (χ2n) is 6.39. The van der Waals surface area contributed by atoms with E-state index in [1.54, 1.807) is 55.5 Å². The van der Waals surface area contributed by atoms with Gasteiger partial charge in [0.05, 0.1) is 6.54 Å². The lowest BCUT2D eigenvalue weighted by Crippen LogP contribution is -2.34. The van der Waals surface area contributed by atoms with Crippen LogP contribution in [0.4, 0.5) is 5.69 Å². The molecule has 0 aliphatic carbocycles. The number of hydrogen-bond donors (Lipinski definition) is 2. The molecule has 0 saturated heterocycles. The number of benzene rings is 1. The number of aryl methyl sites for hydroxylation is 2. The van der Waals surface area contributed by atoms with Crippen molar-refractivity contribution in [3.63, 3.8) is 0 Å². The standard InChI is InChI=1S/C21H21N3O4/c1-14-8-11-18(23-20(26)16-6-4-3-5-7-16)21(27)24(14)13-19(25)22-12-17-10-9-15(2)28-17/h3-11H,12-13H2,1-2H3,(H,22,25)(H,23,26). The summed E-state index contributed by atoms with van der Waals surface area (Å²) in [5, 5.41) is 5.33. The number of anilines is 1. The lowest BCUT2D eigenvalue weighted by molar-refractivity contribution is -0.122. The zero-order valence-corrected chi connectivity index (χ0v) is 15.7. The Morgan fingerprint density at radius 2 is 1.75 bits per heavy atom. The first-order chi connectivity index (χ1) is 13.4. The third-order valence-corrected chi connectivity index (χ3v) is 4.23. The summed E-state index contributed by atoms with van der Waals surface area (Å²) in [5.74, 6) is 0.688. The summed E-state index contributed by atoms with van der Waals surface area (Å²) in [6.07, 6.45) is 0. The van der Waals surface area contributed by atoms with Gasteiger partial charge in [-0.25, -0.2) is 0 Å². The van der Waals surface area contributed by atoms with E-state index in [0.717, 1.165) is 5.76 Å². The number of furan rings is 1. The van der Waals surface area contributed by atoms with E-state index in [9.17, 15) is 14.4 Å². The highest BCUT2D eigenvalue weighted by atomic mass is 16.3. The number of amides is 2. The smallest absolute Gasteiger partial charge is 0.274 e. The fraction of sp³-hybridized carbons (Fsp3) is 0.190. The highest BCUT2D eigenvalue weighted by molar-refractivity contribution is 6.04. The van der Waals surface area contributed by atoms with Crippen molar-refractivity contribution in [2.45, 2.75) is 26.9 Å². The minimum atomic E-state index is -0.437. The summed E-state index contributed by atoms with van der Waals surface area (Å²) in [6.45, 7) is 3.64. The summed E-state index contributed by atoms with van der Waals surface area (Å²) in [7, 11) is 0. The van der Waals surface area contributed by atoms with Crippen molar-refractivity contribution in [3.8, 4) is 0 Å². The average molecular weight is 379 g/mol. The Morgan fingerprint density at radius 3 is 2.43 bits per heavy atom. The second kappa shape index (κ2) is 8.39. The number of nitrogens with zero attached hydrogens (tertiary/aromatic N) is 1. The van der Waals surface area contributed by atoms with Crippen LogP contribution >= 0.6 is 0 Å². The molecule has 0 bridgehead atoms. The molecule has 2 aromatic heterocycles. The Bertz CT molecular complexity index is 1050. The molecule has 0 spiro atoms. The summed E-state index contributed by atoms with van der Waals surface area (Å²) in [5.41, 5.74) is 0.745. The summed E-state index contributed by atoms with van der Waals surface area (Å²) >= 11 is 0. The highest BCUT2D eigenvalue weighted by Gasteiger charge is 2.13. The average Bonchev–Trinajstić information content (AvgIpc) is 3.11. The van der Waals surface area contributed by atoms with E-state index in [1.165, 1.54) is 4.57 Å². The van der Waals surface area contributed by atoms with Crippen LogP contribution < -0.4 is 16.2 Å². The number of pyridine rings is 1. The highest BCUT2D eigenvalue weighted by Crippen LogP contribution is 2.08. The Morgan fingerprint density at radius 1 is 1.00 bits per heavy atom. The molecule has 2 N–H and O–H groups in total. The van der Waals surface area contributed by atoms with Gasteiger partial charge >= 0.3 is 0 Å². The van der Waals surface area contributed by atoms with E-state index in [1.807, 2.05) is 13.0 Å². The zero-order valence-electron chi connectivity index (χ0n) is 15.7. The van der Waals surface area contributed by atoms with E-state index in [2.05, 4.69) is 10.6 Å². The molecule has 2 amide bonds. The molecule has 1 aromatic carbocycles. The predicted octanol–water partition coefficient (Wildman–Crippen LogP) is 2.63. The van der Waals surface area contributed by atoms with Gasteiger partial charge in [-0.1, -0.05) is 18.2 Å². The monoisotopic (exact) mass is 379 g/mol. The minimum Gasteiger partial charge on any atom is -0.465 e. The first-order valence-corrected chi connectivity index (χ1v) is 8.83. The molecule has 0 aliphatic heterocycles. The van der Waals surface area contributed by atoms with Crippen molar-refractivity contribution in [1.82, 2.24) is 9.88 Å². The maximum Gasteiger partial charge on any atom is 0.274 e. The molecule has 7 nitrogen and oxygen atoms in total. The number of carbonyl (C=O) groups is 2. The topological polar surface area (TPSA) is 93.3 Å². The molecule has 3 rings (SSSR count). The van der Waals surface area contributed by atoms with Gasteiger partial charge in [0.2, 0.25) is 5.91 Å². The van der Waals surface area contributed by atoms with Crippen LogP contribution in [-0.4, -0.2) is 16.4 Å². The number of carbonyl (C=O) groups excluding carboxylic acids is 2. The van der Waals surface area contributed by atoms with Crippen LogP contribution in [0.25, 0.3) is 0 Å². The van der Waals surface area contributed by atoms with Gasteiger partial charge < -0.3 is 19.6 Å². The Labute approximate surface area is 162 Å². The van der Waals surface area contributed by atoms with Crippen LogP contribution in [0.2, 0.25) is 0 Å². The lowest BCUT2D eigenvalue weighted by atomic mass is 10.2. The quantitative estimate of drug-likeness (QED) is 0.688. The van der Waals surface area contributed by atoms with Crippen LogP contribution in [-0.2, 0) is 17.9 Å². The molecule has 28 heavy (non-hydrogen) atoms. The van der Waals surface area contributed by atoms with Crippen LogP contribution in [0.15, 0.2) is 63.8 Å². The number of nitrogens with one attached hydrogen (secondary N) is 2. The number of hydrogen-bond acceptors (Lipinski definition) is 4. The fourth-order valence-electron chi connectivity index (χ4n) is 2.71. The van der Waals surface area contributed by atoms with Crippen molar-refractivity contribution in [3.05, 3.63) is 87.7 Å². The van der Waals surface area contributed by atoms with E-state index >= 15 is 0 Å². The minimum absolute atomic E-state index is 0.119. The van der Waals surface area contributed by atoms with Crippen molar-refractivity contribution < 1.29 is 14.0 Å². The zero-order chi connectivity index (χ0) is 20.1. The molecular weight excluding hydrogens is 358 g/mol. The van der Waals surface area contributed by atoms with Gasteiger partial charge in [0, 0.05) is 11.3 Å². The maximum atomic E-state index is 12.7. The van der Waals surface area contributed by atoms with E-state index in [-0.39, 0.29) is 30.6 Å². The van der Waals surface area contributed by atoms with Crippen LogP contribution in [0, 0.1) is 13.8 Å². The SMILES string of the molecule is Cc1ccc(CNC(=O)Cn2c(C)ccc(NC(=O)c3ccccc3)c2=O)o1. The van der Waals surface area contributed by atoms with E-state index in [0.29, 0.717) is 17.0 Å². The Hall–Kier alpha value is -3.61. The van der Waals surface area contributed by atoms with Gasteiger partial charge in [0.1, 0.15) is 23.8 Å². The lowest BCUT2D eigenvalue weighted by Gasteiger charge is -2.12. The molecule has 0 atom stereocenters. The Balaban J connectivity index is 1.71. The van der Waals surface area contributed by atoms with Crippen molar-refractivity contribution in [2.24, 2.45) is 0 Å². The molecule has 0 unspecified atom stereocenters. The maximum absolute atomic E-state index is 12.7. The van der Waals surface area contributed by atoms with Crippen molar-refractivity contribution in [2.75, 3.05) is 5.32 Å². The molecule has 0 aliphatic rings. The predicted molar refractivity (Wildman–Crippen MR) is 105 cm³/mol. The van der Waals surface area contributed by atoms with E-state index in [4.69, 9.17) is 4.42 Å².